The van der Waals surface area contributed by atoms with Crippen molar-refractivity contribution >= 4 is 16.8 Å². The van der Waals surface area contributed by atoms with E-state index in [1.807, 2.05) is 0 Å². The molecule has 0 saturated heterocycles. The number of fused-ring (bicyclic) bond motifs is 1. The van der Waals surface area contributed by atoms with Crippen molar-refractivity contribution in [3.05, 3.63) is 70.1 Å². The summed E-state index contributed by atoms with van der Waals surface area (Å²) in [5.41, 5.74) is -0.634. The first kappa shape index (κ1) is 12.9. The van der Waals surface area contributed by atoms with E-state index in [2.05, 4.69) is 0 Å². The molecule has 0 radical (unpaired) electrons. The summed E-state index contributed by atoms with van der Waals surface area (Å²) in [6, 6.07) is 11.8. The van der Waals surface area contributed by atoms with E-state index in [-0.39, 0.29) is 16.9 Å². The molecule has 2 N–H and O–H groups in total. The van der Waals surface area contributed by atoms with Crippen LogP contribution in [0.1, 0.15) is 15.9 Å². The van der Waals surface area contributed by atoms with E-state index in [4.69, 9.17) is 4.42 Å². The average molecular weight is 282 g/mol. The van der Waals surface area contributed by atoms with Crippen LogP contribution in [0.2, 0.25) is 0 Å². The average Bonchev–Trinajstić information content (AvgIpc) is 2.46. The predicted molar refractivity (Wildman–Crippen MR) is 75.7 cm³/mol. The number of benzene rings is 2. The molecule has 0 saturated carbocycles. The van der Waals surface area contributed by atoms with Crippen LogP contribution >= 0.6 is 0 Å². The number of hydrogen-bond donors (Lipinski definition) is 2. The Labute approximate surface area is 118 Å². The molecule has 1 aromatic heterocycles. The van der Waals surface area contributed by atoms with Gasteiger partial charge in [0.15, 0.2) is 0 Å². The standard InChI is InChI=1S/C16H10O5/c17-10-5-6-11(13(18)8-10)15(19)12-7-9-3-1-2-4-14(9)21-16(12)20/h1-8,17-18H. The van der Waals surface area contributed by atoms with Gasteiger partial charge in [0.05, 0.1) is 5.56 Å². The molecule has 0 aliphatic carbocycles. The largest absolute Gasteiger partial charge is 0.508 e. The minimum atomic E-state index is -0.772. The van der Waals surface area contributed by atoms with Crippen LogP contribution in [0.5, 0.6) is 11.5 Å². The molecule has 2 aromatic carbocycles. The van der Waals surface area contributed by atoms with Gasteiger partial charge in [-0.2, -0.15) is 0 Å². The van der Waals surface area contributed by atoms with Crippen molar-refractivity contribution < 1.29 is 19.4 Å². The third-order valence-corrected chi connectivity index (χ3v) is 3.11. The molecule has 104 valence electrons. The SMILES string of the molecule is O=C(c1ccc(O)cc1O)c1cc2ccccc2oc1=O. The highest BCUT2D eigenvalue weighted by Crippen LogP contribution is 2.25. The maximum absolute atomic E-state index is 12.3. The van der Waals surface area contributed by atoms with Gasteiger partial charge in [0, 0.05) is 11.5 Å². The molecule has 0 amide bonds. The number of carbonyl (C=O) groups is 1. The topological polar surface area (TPSA) is 87.7 Å². The second-order valence-electron chi connectivity index (χ2n) is 4.52. The molecule has 0 spiro atoms. The van der Waals surface area contributed by atoms with E-state index >= 15 is 0 Å². The van der Waals surface area contributed by atoms with Gasteiger partial charge in [-0.25, -0.2) is 4.79 Å². The molecule has 3 rings (SSSR count). The van der Waals surface area contributed by atoms with E-state index in [0.29, 0.717) is 11.0 Å². The maximum Gasteiger partial charge on any atom is 0.347 e. The van der Waals surface area contributed by atoms with Crippen LogP contribution in [0, 0.1) is 0 Å². The number of carbonyl (C=O) groups excluding carboxylic acids is 1. The third-order valence-electron chi connectivity index (χ3n) is 3.11. The van der Waals surface area contributed by atoms with Crippen LogP contribution in [0.3, 0.4) is 0 Å². The highest BCUT2D eigenvalue weighted by atomic mass is 16.4. The zero-order chi connectivity index (χ0) is 15.0. The quantitative estimate of drug-likeness (QED) is 0.556. The molecule has 0 aliphatic heterocycles. The molecule has 0 fully saturated rings. The summed E-state index contributed by atoms with van der Waals surface area (Å²) in [7, 11) is 0. The van der Waals surface area contributed by atoms with Crippen molar-refractivity contribution in [3.8, 4) is 11.5 Å². The first-order valence-electron chi connectivity index (χ1n) is 6.16. The molecule has 5 heteroatoms. The predicted octanol–water partition coefficient (Wildman–Crippen LogP) is 2.44. The summed E-state index contributed by atoms with van der Waals surface area (Å²) in [6.07, 6.45) is 0. The fourth-order valence-electron chi connectivity index (χ4n) is 2.08. The molecule has 3 aromatic rings. The highest BCUT2D eigenvalue weighted by Gasteiger charge is 2.19. The molecule has 5 nitrogen and oxygen atoms in total. The van der Waals surface area contributed by atoms with Crippen LogP contribution in [-0.2, 0) is 0 Å². The Morgan fingerprint density at radius 3 is 2.48 bits per heavy atom. The molecule has 0 unspecified atom stereocenters. The van der Waals surface area contributed by atoms with Gasteiger partial charge in [0.2, 0.25) is 5.78 Å². The Bertz CT molecular complexity index is 908. The fourth-order valence-corrected chi connectivity index (χ4v) is 2.08. The Morgan fingerprint density at radius 2 is 1.71 bits per heavy atom. The van der Waals surface area contributed by atoms with Gasteiger partial charge in [-0.15, -0.1) is 0 Å². The Kier molecular flexibility index (Phi) is 2.95. The van der Waals surface area contributed by atoms with Crippen LogP contribution < -0.4 is 5.63 Å². The van der Waals surface area contributed by atoms with Crippen molar-refractivity contribution in [2.45, 2.75) is 0 Å². The van der Waals surface area contributed by atoms with Gasteiger partial charge in [-0.3, -0.25) is 4.79 Å². The van der Waals surface area contributed by atoms with E-state index in [1.165, 1.54) is 18.2 Å². The number of ketones is 1. The number of phenolic OH excluding ortho intramolecular Hbond substituents is 2. The van der Waals surface area contributed by atoms with Crippen LogP contribution in [0.25, 0.3) is 11.0 Å². The molecular weight excluding hydrogens is 272 g/mol. The third kappa shape index (κ3) is 2.25. The molecule has 0 atom stereocenters. The van der Waals surface area contributed by atoms with Crippen molar-refractivity contribution in [1.29, 1.82) is 0 Å². The first-order valence-corrected chi connectivity index (χ1v) is 6.16. The normalized spacial score (nSPS) is 10.7. The zero-order valence-corrected chi connectivity index (χ0v) is 10.7. The van der Waals surface area contributed by atoms with Crippen LogP contribution in [0.15, 0.2) is 57.7 Å². The van der Waals surface area contributed by atoms with Crippen molar-refractivity contribution in [3.63, 3.8) is 0 Å². The highest BCUT2D eigenvalue weighted by molar-refractivity contribution is 6.11. The lowest BCUT2D eigenvalue weighted by atomic mass is 10.0. The fraction of sp³-hybridized carbons (Fsp3) is 0. The van der Waals surface area contributed by atoms with E-state index in [0.717, 1.165) is 6.07 Å². The van der Waals surface area contributed by atoms with E-state index in [9.17, 15) is 19.8 Å². The summed E-state index contributed by atoms with van der Waals surface area (Å²) in [5, 5.41) is 19.6. The summed E-state index contributed by atoms with van der Waals surface area (Å²) in [4.78, 5) is 24.2. The van der Waals surface area contributed by atoms with Gasteiger partial charge in [-0.1, -0.05) is 18.2 Å². The van der Waals surface area contributed by atoms with Crippen molar-refractivity contribution in [1.82, 2.24) is 0 Å². The van der Waals surface area contributed by atoms with Crippen LogP contribution in [-0.4, -0.2) is 16.0 Å². The zero-order valence-electron chi connectivity index (χ0n) is 10.7. The minimum absolute atomic E-state index is 0.0737. The summed E-state index contributed by atoms with van der Waals surface area (Å²) < 4.78 is 5.09. The second-order valence-corrected chi connectivity index (χ2v) is 4.52. The summed E-state index contributed by atoms with van der Waals surface area (Å²) in [5.74, 6) is -1.23. The van der Waals surface area contributed by atoms with E-state index in [1.54, 1.807) is 24.3 Å². The lowest BCUT2D eigenvalue weighted by molar-refractivity contribution is 0.103. The van der Waals surface area contributed by atoms with Crippen LogP contribution in [0.4, 0.5) is 0 Å². The van der Waals surface area contributed by atoms with Gasteiger partial charge in [-0.05, 0) is 24.3 Å². The number of phenols is 2. The van der Waals surface area contributed by atoms with E-state index < -0.39 is 17.2 Å². The molecule has 21 heavy (non-hydrogen) atoms. The number of rotatable bonds is 2. The second kappa shape index (κ2) is 4.79. The Hall–Kier alpha value is -3.08. The molecular formula is C16H10O5. The van der Waals surface area contributed by atoms with Crippen molar-refractivity contribution in [2.24, 2.45) is 0 Å². The Balaban J connectivity index is 2.17. The minimum Gasteiger partial charge on any atom is -0.508 e. The number of aromatic hydroxyl groups is 2. The van der Waals surface area contributed by atoms with Gasteiger partial charge < -0.3 is 14.6 Å². The van der Waals surface area contributed by atoms with Gasteiger partial charge in [0.25, 0.3) is 0 Å². The Morgan fingerprint density at radius 1 is 0.952 bits per heavy atom. The summed E-state index contributed by atoms with van der Waals surface area (Å²) >= 11 is 0. The maximum atomic E-state index is 12.3. The molecule has 1 heterocycles. The molecule has 0 bridgehead atoms. The lowest BCUT2D eigenvalue weighted by Crippen LogP contribution is -2.14. The van der Waals surface area contributed by atoms with Gasteiger partial charge in [0.1, 0.15) is 22.6 Å². The number of hydrogen-bond acceptors (Lipinski definition) is 5. The smallest absolute Gasteiger partial charge is 0.347 e. The monoisotopic (exact) mass is 282 g/mol. The summed E-state index contributed by atoms with van der Waals surface area (Å²) in [6.45, 7) is 0. The van der Waals surface area contributed by atoms with Gasteiger partial charge >= 0.3 is 5.63 Å². The van der Waals surface area contributed by atoms with Crippen molar-refractivity contribution in [2.75, 3.05) is 0 Å². The molecule has 0 aliphatic rings. The number of para-hydroxylation sites is 1. The lowest BCUT2D eigenvalue weighted by Gasteiger charge is -2.04. The first-order chi connectivity index (χ1) is 10.1.